The van der Waals surface area contributed by atoms with Gasteiger partial charge in [-0.25, -0.2) is 10.2 Å². The molecule has 0 saturated carbocycles. The monoisotopic (exact) mass is 521 g/mol. The van der Waals surface area contributed by atoms with E-state index in [1.165, 1.54) is 20.4 Å². The number of hydrogen-bond acceptors (Lipinski definition) is 8. The van der Waals surface area contributed by atoms with Crippen LogP contribution in [0.2, 0.25) is 0 Å². The third kappa shape index (κ3) is 8.45. The number of ether oxygens (including phenoxy) is 4. The van der Waals surface area contributed by atoms with E-state index in [0.29, 0.717) is 27.3 Å². The minimum atomic E-state index is -0.534. The fourth-order valence-electron chi connectivity index (χ4n) is 2.53. The van der Waals surface area contributed by atoms with Gasteiger partial charge in [0.1, 0.15) is 5.75 Å². The van der Waals surface area contributed by atoms with Gasteiger partial charge in [-0.3, -0.25) is 9.59 Å². The number of rotatable bonds is 11. The molecule has 176 valence electrons. The molecule has 2 N–H and O–H groups in total. The summed E-state index contributed by atoms with van der Waals surface area (Å²) >= 11 is 3.35. The molecule has 0 radical (unpaired) electrons. The van der Waals surface area contributed by atoms with Crippen molar-refractivity contribution in [1.29, 1.82) is 0 Å². The van der Waals surface area contributed by atoms with Crippen LogP contribution in [0.15, 0.2) is 46.0 Å². The number of amides is 2. The molecule has 2 rings (SSSR count). The first-order valence-electron chi connectivity index (χ1n) is 9.65. The number of nitrogens with one attached hydrogen (secondary N) is 2. The summed E-state index contributed by atoms with van der Waals surface area (Å²) in [5.74, 6) is 0.0576. The Kier molecular flexibility index (Phi) is 10.2. The van der Waals surface area contributed by atoms with Crippen LogP contribution in [0.3, 0.4) is 0 Å². The van der Waals surface area contributed by atoms with Crippen LogP contribution in [-0.2, 0) is 25.5 Å². The van der Waals surface area contributed by atoms with E-state index in [1.54, 1.807) is 43.5 Å². The minimum absolute atomic E-state index is 0.138. The van der Waals surface area contributed by atoms with Crippen LogP contribution >= 0.6 is 15.9 Å². The van der Waals surface area contributed by atoms with Crippen LogP contribution in [0.25, 0.3) is 0 Å². The standard InChI is InChI=1S/C22H24BrN3O7/c1-30-16-6-4-14(5-7-16)10-19(27)24-12-20(28)26-25-11-15-8-17(23)22(18(9-15)31-2)33-13-21(29)32-3/h4-9,11H,10,12-13H2,1-3H3,(H,24,27)(H,26,28). The number of nitrogens with zero attached hydrogens (tertiary/aromatic N) is 1. The molecule has 0 atom stereocenters. The number of hydrazone groups is 1. The number of esters is 1. The van der Waals surface area contributed by atoms with Gasteiger partial charge in [-0.1, -0.05) is 12.1 Å². The van der Waals surface area contributed by atoms with Crippen LogP contribution in [-0.4, -0.2) is 58.5 Å². The Bertz CT molecular complexity index is 1010. The summed E-state index contributed by atoms with van der Waals surface area (Å²) in [6.45, 7) is -0.501. The van der Waals surface area contributed by atoms with Gasteiger partial charge in [0, 0.05) is 0 Å². The Labute approximate surface area is 199 Å². The first-order chi connectivity index (χ1) is 15.9. The SMILES string of the molecule is COC(=O)COc1c(Br)cc(C=NNC(=O)CNC(=O)Cc2ccc(OC)cc2)cc1OC. The molecule has 0 bridgehead atoms. The molecular formula is C22H24BrN3O7. The van der Waals surface area contributed by atoms with Gasteiger partial charge >= 0.3 is 5.97 Å². The Hall–Kier alpha value is -3.60. The van der Waals surface area contributed by atoms with Gasteiger partial charge < -0.3 is 24.3 Å². The minimum Gasteiger partial charge on any atom is -0.497 e. The van der Waals surface area contributed by atoms with Gasteiger partial charge in [0.05, 0.1) is 45.0 Å². The molecule has 2 aromatic carbocycles. The van der Waals surface area contributed by atoms with Gasteiger partial charge in [-0.05, 0) is 51.3 Å². The summed E-state index contributed by atoms with van der Waals surface area (Å²) in [5.41, 5.74) is 3.72. The van der Waals surface area contributed by atoms with Crippen molar-refractivity contribution in [2.75, 3.05) is 34.5 Å². The van der Waals surface area contributed by atoms with Crippen molar-refractivity contribution in [3.63, 3.8) is 0 Å². The Morgan fingerprint density at radius 2 is 1.76 bits per heavy atom. The molecular weight excluding hydrogens is 498 g/mol. The van der Waals surface area contributed by atoms with Gasteiger partial charge in [0.25, 0.3) is 5.91 Å². The number of carbonyl (C=O) groups is 3. The number of methoxy groups -OCH3 is 3. The largest absolute Gasteiger partial charge is 0.497 e. The zero-order valence-electron chi connectivity index (χ0n) is 18.3. The first-order valence-corrected chi connectivity index (χ1v) is 10.4. The summed E-state index contributed by atoms with van der Waals surface area (Å²) in [4.78, 5) is 35.2. The molecule has 2 aromatic rings. The summed E-state index contributed by atoms with van der Waals surface area (Å²) in [5, 5.41) is 6.41. The second-order valence-corrected chi connectivity index (χ2v) is 7.35. The highest BCUT2D eigenvalue weighted by atomic mass is 79.9. The third-order valence-electron chi connectivity index (χ3n) is 4.19. The van der Waals surface area contributed by atoms with Crippen molar-refractivity contribution < 1.29 is 33.3 Å². The summed E-state index contributed by atoms with van der Waals surface area (Å²) in [6, 6.07) is 10.4. The zero-order chi connectivity index (χ0) is 24.2. The molecule has 0 aliphatic carbocycles. The maximum atomic E-state index is 12.0. The van der Waals surface area contributed by atoms with E-state index in [1.807, 2.05) is 0 Å². The molecule has 0 spiro atoms. The molecule has 33 heavy (non-hydrogen) atoms. The average molecular weight is 522 g/mol. The highest BCUT2D eigenvalue weighted by molar-refractivity contribution is 9.10. The van der Waals surface area contributed by atoms with E-state index in [0.717, 1.165) is 5.56 Å². The molecule has 10 nitrogen and oxygen atoms in total. The lowest BCUT2D eigenvalue weighted by Gasteiger charge is -2.12. The lowest BCUT2D eigenvalue weighted by atomic mass is 10.1. The van der Waals surface area contributed by atoms with E-state index >= 15 is 0 Å². The van der Waals surface area contributed by atoms with Crippen LogP contribution in [0.5, 0.6) is 17.2 Å². The first kappa shape index (κ1) is 25.7. The van der Waals surface area contributed by atoms with E-state index in [9.17, 15) is 14.4 Å². The maximum Gasteiger partial charge on any atom is 0.343 e. The number of carbonyl (C=O) groups excluding carboxylic acids is 3. The van der Waals surface area contributed by atoms with Crippen LogP contribution < -0.4 is 25.0 Å². The summed E-state index contributed by atoms with van der Waals surface area (Å²) in [6.07, 6.45) is 1.53. The molecule has 0 unspecified atom stereocenters. The fourth-order valence-corrected chi connectivity index (χ4v) is 3.11. The number of hydrogen-bond donors (Lipinski definition) is 2. The topological polar surface area (TPSA) is 125 Å². The van der Waals surface area contributed by atoms with E-state index in [2.05, 4.69) is 36.5 Å². The third-order valence-corrected chi connectivity index (χ3v) is 4.78. The molecule has 2 amide bonds. The Balaban J connectivity index is 1.85. The summed E-state index contributed by atoms with van der Waals surface area (Å²) < 4.78 is 20.8. The maximum absolute atomic E-state index is 12.0. The molecule has 0 heterocycles. The molecule has 11 heteroatoms. The number of halogens is 1. The second-order valence-electron chi connectivity index (χ2n) is 6.49. The van der Waals surface area contributed by atoms with Crippen LogP contribution in [0, 0.1) is 0 Å². The van der Waals surface area contributed by atoms with Crippen molar-refractivity contribution in [1.82, 2.24) is 10.7 Å². The Morgan fingerprint density at radius 3 is 2.39 bits per heavy atom. The van der Waals surface area contributed by atoms with Crippen molar-refractivity contribution >= 4 is 39.9 Å². The van der Waals surface area contributed by atoms with Gasteiger partial charge in [-0.15, -0.1) is 0 Å². The normalized spacial score (nSPS) is 10.4. The van der Waals surface area contributed by atoms with Gasteiger partial charge in [-0.2, -0.15) is 5.10 Å². The van der Waals surface area contributed by atoms with E-state index in [4.69, 9.17) is 14.2 Å². The molecule has 0 aliphatic heterocycles. The lowest BCUT2D eigenvalue weighted by molar-refractivity contribution is -0.143. The predicted molar refractivity (Wildman–Crippen MR) is 124 cm³/mol. The smallest absolute Gasteiger partial charge is 0.343 e. The van der Waals surface area contributed by atoms with Crippen molar-refractivity contribution in [2.24, 2.45) is 5.10 Å². The predicted octanol–water partition coefficient (Wildman–Crippen LogP) is 1.83. The lowest BCUT2D eigenvalue weighted by Crippen LogP contribution is -2.35. The van der Waals surface area contributed by atoms with Crippen LogP contribution in [0.4, 0.5) is 0 Å². The average Bonchev–Trinajstić information content (AvgIpc) is 2.82. The summed E-state index contributed by atoms with van der Waals surface area (Å²) in [7, 11) is 4.28. The zero-order valence-corrected chi connectivity index (χ0v) is 19.9. The van der Waals surface area contributed by atoms with Crippen molar-refractivity contribution in [2.45, 2.75) is 6.42 Å². The fraction of sp³-hybridized carbons (Fsp3) is 0.273. The second kappa shape index (κ2) is 13.1. The molecule has 0 fully saturated rings. The van der Waals surface area contributed by atoms with Crippen molar-refractivity contribution in [3.8, 4) is 17.2 Å². The van der Waals surface area contributed by atoms with Crippen molar-refractivity contribution in [3.05, 3.63) is 52.0 Å². The van der Waals surface area contributed by atoms with E-state index < -0.39 is 11.9 Å². The molecule has 0 aliphatic rings. The quantitative estimate of drug-likeness (QED) is 0.262. The molecule has 0 aromatic heterocycles. The van der Waals surface area contributed by atoms with Gasteiger partial charge in [0.2, 0.25) is 5.91 Å². The van der Waals surface area contributed by atoms with E-state index in [-0.39, 0.29) is 25.5 Å². The highest BCUT2D eigenvalue weighted by Crippen LogP contribution is 2.36. The number of benzene rings is 2. The molecule has 0 saturated heterocycles. The van der Waals surface area contributed by atoms with Gasteiger partial charge in [0.15, 0.2) is 18.1 Å². The highest BCUT2D eigenvalue weighted by Gasteiger charge is 2.13. The van der Waals surface area contributed by atoms with Crippen LogP contribution in [0.1, 0.15) is 11.1 Å². The Morgan fingerprint density at radius 1 is 1.03 bits per heavy atom.